The van der Waals surface area contributed by atoms with E-state index in [9.17, 15) is 10.2 Å². The van der Waals surface area contributed by atoms with Crippen LogP contribution in [0.1, 0.15) is 51.9 Å². The summed E-state index contributed by atoms with van der Waals surface area (Å²) in [7, 11) is 0. The zero-order chi connectivity index (χ0) is 10.2. The molecule has 0 aliphatic heterocycles. The molecule has 2 aliphatic carbocycles. The van der Waals surface area contributed by atoms with Gasteiger partial charge in [-0.05, 0) is 37.0 Å². The van der Waals surface area contributed by atoms with Gasteiger partial charge in [0.25, 0.3) is 0 Å². The third kappa shape index (κ3) is 1.49. The van der Waals surface area contributed by atoms with Gasteiger partial charge >= 0.3 is 0 Å². The molecular formula is C12H22O2. The largest absolute Gasteiger partial charge is 0.393 e. The third-order valence-electron chi connectivity index (χ3n) is 4.50. The summed E-state index contributed by atoms with van der Waals surface area (Å²) in [6.07, 6.45) is 8.10. The summed E-state index contributed by atoms with van der Waals surface area (Å²) in [4.78, 5) is 0. The Kier molecular flexibility index (Phi) is 2.61. The van der Waals surface area contributed by atoms with Gasteiger partial charge in [0, 0.05) is 0 Å². The van der Waals surface area contributed by atoms with Crippen molar-refractivity contribution in [2.45, 2.75) is 57.5 Å². The Morgan fingerprint density at radius 3 is 2.21 bits per heavy atom. The van der Waals surface area contributed by atoms with Crippen molar-refractivity contribution in [2.75, 3.05) is 6.61 Å². The minimum atomic E-state index is -0.784. The highest BCUT2D eigenvalue weighted by molar-refractivity contribution is 5.05. The highest BCUT2D eigenvalue weighted by Crippen LogP contribution is 2.54. The molecule has 2 N–H and O–H groups in total. The second kappa shape index (κ2) is 3.49. The van der Waals surface area contributed by atoms with E-state index in [1.807, 2.05) is 0 Å². The van der Waals surface area contributed by atoms with Crippen LogP contribution in [0, 0.1) is 11.3 Å². The SMILES string of the molecule is CC1([C@@](O)(CO)C2CC2)CCCCC1. The van der Waals surface area contributed by atoms with Crippen molar-refractivity contribution in [3.63, 3.8) is 0 Å². The summed E-state index contributed by atoms with van der Waals surface area (Å²) in [5, 5.41) is 20.1. The fraction of sp³-hybridized carbons (Fsp3) is 1.00. The second-order valence-electron chi connectivity index (χ2n) is 5.48. The number of aliphatic hydroxyl groups excluding tert-OH is 1. The summed E-state index contributed by atoms with van der Waals surface area (Å²) in [6.45, 7) is 2.12. The molecule has 14 heavy (non-hydrogen) atoms. The summed E-state index contributed by atoms with van der Waals surface area (Å²) >= 11 is 0. The van der Waals surface area contributed by atoms with Crippen molar-refractivity contribution in [3.8, 4) is 0 Å². The summed E-state index contributed by atoms with van der Waals surface area (Å²) in [5.74, 6) is 0.371. The first kappa shape index (κ1) is 10.4. The molecule has 0 bridgehead atoms. The van der Waals surface area contributed by atoms with Crippen molar-refractivity contribution in [1.29, 1.82) is 0 Å². The van der Waals surface area contributed by atoms with E-state index in [0.717, 1.165) is 25.7 Å². The van der Waals surface area contributed by atoms with E-state index in [-0.39, 0.29) is 12.0 Å². The van der Waals surface area contributed by atoms with Gasteiger partial charge in [0.15, 0.2) is 0 Å². The van der Waals surface area contributed by atoms with Crippen LogP contribution in [0.4, 0.5) is 0 Å². The Balaban J connectivity index is 2.15. The van der Waals surface area contributed by atoms with Crippen LogP contribution in [0.15, 0.2) is 0 Å². The zero-order valence-corrected chi connectivity index (χ0v) is 9.13. The van der Waals surface area contributed by atoms with Crippen LogP contribution in [0.2, 0.25) is 0 Å². The van der Waals surface area contributed by atoms with Crippen LogP contribution in [0.5, 0.6) is 0 Å². The third-order valence-corrected chi connectivity index (χ3v) is 4.50. The number of aliphatic hydroxyl groups is 2. The molecule has 2 heteroatoms. The Morgan fingerprint density at radius 2 is 1.79 bits per heavy atom. The molecule has 0 unspecified atom stereocenters. The van der Waals surface area contributed by atoms with Crippen molar-refractivity contribution in [2.24, 2.45) is 11.3 Å². The predicted octanol–water partition coefficient (Wildman–Crippen LogP) is 2.09. The van der Waals surface area contributed by atoms with Gasteiger partial charge in [0.2, 0.25) is 0 Å². The molecule has 2 nitrogen and oxygen atoms in total. The van der Waals surface area contributed by atoms with E-state index >= 15 is 0 Å². The first-order valence-electron chi connectivity index (χ1n) is 5.96. The molecule has 0 heterocycles. The molecule has 1 atom stereocenters. The Labute approximate surface area is 86.3 Å². The molecule has 2 rings (SSSR count). The van der Waals surface area contributed by atoms with E-state index in [4.69, 9.17) is 0 Å². The van der Waals surface area contributed by atoms with Crippen molar-refractivity contribution in [1.82, 2.24) is 0 Å². The lowest BCUT2D eigenvalue weighted by Crippen LogP contribution is -2.52. The van der Waals surface area contributed by atoms with Crippen LogP contribution in [0.3, 0.4) is 0 Å². The molecule has 0 radical (unpaired) electrons. The average molecular weight is 198 g/mol. The molecule has 2 aliphatic rings. The van der Waals surface area contributed by atoms with Gasteiger partial charge in [-0.25, -0.2) is 0 Å². The van der Waals surface area contributed by atoms with Gasteiger partial charge < -0.3 is 10.2 Å². The van der Waals surface area contributed by atoms with Crippen LogP contribution in [-0.2, 0) is 0 Å². The smallest absolute Gasteiger partial charge is 0.0958 e. The van der Waals surface area contributed by atoms with E-state index in [0.29, 0.717) is 5.92 Å². The average Bonchev–Trinajstić information content (AvgIpc) is 3.01. The predicted molar refractivity (Wildman–Crippen MR) is 56.0 cm³/mol. The Hall–Kier alpha value is -0.0800. The minimum Gasteiger partial charge on any atom is -0.393 e. The number of hydrogen-bond donors (Lipinski definition) is 2. The summed E-state index contributed by atoms with van der Waals surface area (Å²) in [5.41, 5.74) is -0.811. The van der Waals surface area contributed by atoms with E-state index in [1.165, 1.54) is 19.3 Å². The number of hydrogen-bond acceptors (Lipinski definition) is 2. The number of rotatable bonds is 3. The van der Waals surface area contributed by atoms with E-state index < -0.39 is 5.60 Å². The quantitative estimate of drug-likeness (QED) is 0.729. The molecule has 0 aromatic heterocycles. The van der Waals surface area contributed by atoms with Crippen LogP contribution in [0.25, 0.3) is 0 Å². The molecular weight excluding hydrogens is 176 g/mol. The van der Waals surface area contributed by atoms with Crippen LogP contribution < -0.4 is 0 Å². The summed E-state index contributed by atoms with van der Waals surface area (Å²) < 4.78 is 0. The molecule has 2 fully saturated rings. The van der Waals surface area contributed by atoms with Gasteiger partial charge in [0.05, 0.1) is 12.2 Å². The van der Waals surface area contributed by atoms with Gasteiger partial charge in [0.1, 0.15) is 0 Å². The monoisotopic (exact) mass is 198 g/mol. The maximum absolute atomic E-state index is 10.6. The first-order chi connectivity index (χ1) is 6.62. The van der Waals surface area contributed by atoms with E-state index in [2.05, 4.69) is 6.92 Å². The van der Waals surface area contributed by atoms with Gasteiger partial charge in [-0.2, -0.15) is 0 Å². The van der Waals surface area contributed by atoms with Gasteiger partial charge in [-0.1, -0.05) is 26.2 Å². The van der Waals surface area contributed by atoms with Crippen molar-refractivity contribution < 1.29 is 10.2 Å². The maximum Gasteiger partial charge on any atom is 0.0958 e. The maximum atomic E-state index is 10.6. The van der Waals surface area contributed by atoms with Gasteiger partial charge in [-0.15, -0.1) is 0 Å². The normalized spacial score (nSPS) is 31.1. The minimum absolute atomic E-state index is 0.0266. The molecule has 0 spiro atoms. The Morgan fingerprint density at radius 1 is 1.21 bits per heavy atom. The highest BCUT2D eigenvalue weighted by atomic mass is 16.3. The van der Waals surface area contributed by atoms with Gasteiger partial charge in [-0.3, -0.25) is 0 Å². The van der Waals surface area contributed by atoms with Crippen LogP contribution >= 0.6 is 0 Å². The molecule has 0 aromatic rings. The zero-order valence-electron chi connectivity index (χ0n) is 9.13. The fourth-order valence-electron chi connectivity index (χ4n) is 3.14. The lowest BCUT2D eigenvalue weighted by atomic mass is 9.63. The lowest BCUT2D eigenvalue weighted by molar-refractivity contribution is -0.139. The molecule has 0 saturated heterocycles. The van der Waals surface area contributed by atoms with Crippen molar-refractivity contribution >= 4 is 0 Å². The fourth-order valence-corrected chi connectivity index (χ4v) is 3.14. The molecule has 2 saturated carbocycles. The highest BCUT2D eigenvalue weighted by Gasteiger charge is 2.55. The molecule has 82 valence electrons. The Bertz CT molecular complexity index is 204. The first-order valence-corrected chi connectivity index (χ1v) is 5.96. The summed E-state index contributed by atoms with van der Waals surface area (Å²) in [6, 6.07) is 0. The molecule has 0 amide bonds. The lowest BCUT2D eigenvalue weighted by Gasteiger charge is -2.47. The second-order valence-corrected chi connectivity index (χ2v) is 5.48. The topological polar surface area (TPSA) is 40.5 Å². The molecule has 0 aromatic carbocycles. The van der Waals surface area contributed by atoms with Crippen LogP contribution in [-0.4, -0.2) is 22.4 Å². The standard InChI is InChI=1S/C12H22O2/c1-11(7-3-2-4-8-11)12(14,9-13)10-5-6-10/h10,13-14H,2-9H2,1H3/t12-/m1/s1. The van der Waals surface area contributed by atoms with E-state index in [1.54, 1.807) is 0 Å². The van der Waals surface area contributed by atoms with Crippen molar-refractivity contribution in [3.05, 3.63) is 0 Å².